The largest absolute Gasteiger partial charge is 0.462 e. The normalized spacial score (nSPS) is 12.8. The van der Waals surface area contributed by atoms with E-state index < -0.39 is 6.10 Å². The van der Waals surface area contributed by atoms with Crippen molar-refractivity contribution in [2.75, 3.05) is 13.2 Å². The summed E-state index contributed by atoms with van der Waals surface area (Å²) in [4.78, 5) is 38.2. The minimum Gasteiger partial charge on any atom is -0.462 e. The van der Waals surface area contributed by atoms with Gasteiger partial charge in [0.2, 0.25) is 0 Å². The highest BCUT2D eigenvalue weighted by Crippen LogP contribution is 2.16. The maximum Gasteiger partial charge on any atom is 0.306 e. The van der Waals surface area contributed by atoms with Crippen LogP contribution in [0, 0.1) is 0 Å². The maximum atomic E-state index is 12.9. The van der Waals surface area contributed by atoms with E-state index in [2.05, 4.69) is 130 Å². The average Bonchev–Trinajstić information content (AvgIpc) is 3.44. The van der Waals surface area contributed by atoms with Gasteiger partial charge in [0.15, 0.2) is 6.10 Å². The minimum atomic E-state index is -0.785. The second-order valence-corrected chi connectivity index (χ2v) is 21.6. The molecular formula is C72H122O6. The maximum absolute atomic E-state index is 12.9. The van der Waals surface area contributed by atoms with Crippen molar-refractivity contribution in [3.8, 4) is 0 Å². The van der Waals surface area contributed by atoms with Crippen LogP contribution in [-0.4, -0.2) is 37.2 Å². The first-order valence-corrected chi connectivity index (χ1v) is 32.9. The molecule has 0 fully saturated rings. The van der Waals surface area contributed by atoms with Gasteiger partial charge in [0, 0.05) is 19.3 Å². The Hall–Kier alpha value is -3.93. The van der Waals surface area contributed by atoms with Crippen molar-refractivity contribution in [1.82, 2.24) is 0 Å². The average molecular weight is 1080 g/mol. The fraction of sp³-hybridized carbons (Fsp3) is 0.708. The van der Waals surface area contributed by atoms with Gasteiger partial charge in [-0.25, -0.2) is 0 Å². The van der Waals surface area contributed by atoms with Gasteiger partial charge in [0.1, 0.15) is 13.2 Å². The summed E-state index contributed by atoms with van der Waals surface area (Å²) in [5.41, 5.74) is 0. The number of esters is 3. The molecule has 0 aromatic heterocycles. The van der Waals surface area contributed by atoms with E-state index in [0.29, 0.717) is 19.3 Å². The van der Waals surface area contributed by atoms with E-state index in [1.165, 1.54) is 141 Å². The van der Waals surface area contributed by atoms with Crippen LogP contribution in [0.2, 0.25) is 0 Å². The number of unbranched alkanes of at least 4 members (excludes halogenated alkanes) is 30. The summed E-state index contributed by atoms with van der Waals surface area (Å²) >= 11 is 0. The number of rotatable bonds is 59. The van der Waals surface area contributed by atoms with Crippen LogP contribution < -0.4 is 0 Å². The summed E-state index contributed by atoms with van der Waals surface area (Å²) in [7, 11) is 0. The van der Waals surface area contributed by atoms with E-state index in [0.717, 1.165) is 128 Å². The van der Waals surface area contributed by atoms with Gasteiger partial charge in [-0.1, -0.05) is 291 Å². The second kappa shape index (κ2) is 65.6. The summed E-state index contributed by atoms with van der Waals surface area (Å²) in [6, 6.07) is 0. The molecule has 0 amide bonds. The van der Waals surface area contributed by atoms with Gasteiger partial charge >= 0.3 is 17.9 Å². The SMILES string of the molecule is CC/C=C\C/C=C\C/C=C\C/C=C\C/C=C\C/C=C\C/C=C\C/C=C\CCCCCCCCCCC(=O)OCC(COC(=O)CCCCCCCCCCCCCC)OC(=O)CCCCCCC/C=C\CCCCCCCC. The highest BCUT2D eigenvalue weighted by Gasteiger charge is 2.19. The Labute approximate surface area is 482 Å². The summed E-state index contributed by atoms with van der Waals surface area (Å²) < 4.78 is 16.9. The predicted octanol–water partition coefficient (Wildman–Crippen LogP) is 22.6. The minimum absolute atomic E-state index is 0.0809. The quantitative estimate of drug-likeness (QED) is 0.0261. The second-order valence-electron chi connectivity index (χ2n) is 21.6. The number of hydrogen-bond donors (Lipinski definition) is 0. The van der Waals surface area contributed by atoms with E-state index >= 15 is 0 Å². The van der Waals surface area contributed by atoms with E-state index in [4.69, 9.17) is 14.2 Å². The first kappa shape index (κ1) is 74.1. The lowest BCUT2D eigenvalue weighted by atomic mass is 10.0. The number of hydrogen-bond acceptors (Lipinski definition) is 6. The molecule has 0 saturated carbocycles. The van der Waals surface area contributed by atoms with Crippen LogP contribution in [0.3, 0.4) is 0 Å². The van der Waals surface area contributed by atoms with Crippen molar-refractivity contribution >= 4 is 17.9 Å². The van der Waals surface area contributed by atoms with Gasteiger partial charge in [-0.3, -0.25) is 14.4 Å². The molecule has 0 bridgehead atoms. The van der Waals surface area contributed by atoms with Crippen molar-refractivity contribution in [2.24, 2.45) is 0 Å². The molecule has 6 nitrogen and oxygen atoms in total. The molecule has 1 atom stereocenters. The number of allylic oxidation sites excluding steroid dienone is 18. The fourth-order valence-electron chi connectivity index (χ4n) is 9.10. The van der Waals surface area contributed by atoms with Crippen LogP contribution in [0.15, 0.2) is 109 Å². The van der Waals surface area contributed by atoms with Crippen LogP contribution in [0.5, 0.6) is 0 Å². The molecule has 78 heavy (non-hydrogen) atoms. The third-order valence-electron chi connectivity index (χ3n) is 14.0. The third kappa shape index (κ3) is 62.9. The van der Waals surface area contributed by atoms with E-state index in [1.54, 1.807) is 0 Å². The molecule has 0 rings (SSSR count). The molecule has 0 aromatic rings. The molecule has 0 radical (unpaired) electrons. The Morgan fingerprint density at radius 3 is 0.795 bits per heavy atom. The summed E-state index contributed by atoms with van der Waals surface area (Å²) in [6.45, 7) is 6.52. The summed E-state index contributed by atoms with van der Waals surface area (Å²) in [5, 5.41) is 0. The molecule has 0 N–H and O–H groups in total. The Balaban J connectivity index is 4.24. The lowest BCUT2D eigenvalue weighted by Gasteiger charge is -2.18. The first-order valence-electron chi connectivity index (χ1n) is 32.9. The van der Waals surface area contributed by atoms with Gasteiger partial charge in [-0.05, 0) is 109 Å². The molecular weight excluding hydrogens is 961 g/mol. The zero-order chi connectivity index (χ0) is 56.4. The molecule has 446 valence electrons. The zero-order valence-electron chi connectivity index (χ0n) is 51.2. The van der Waals surface area contributed by atoms with Crippen molar-refractivity contribution in [3.63, 3.8) is 0 Å². The van der Waals surface area contributed by atoms with Gasteiger partial charge in [0.05, 0.1) is 0 Å². The zero-order valence-corrected chi connectivity index (χ0v) is 51.2. The van der Waals surface area contributed by atoms with Gasteiger partial charge in [-0.2, -0.15) is 0 Å². The number of carbonyl (C=O) groups is 3. The standard InChI is InChI=1S/C72H122O6/c1-4-7-10-13-16-19-22-25-27-28-29-30-31-32-33-34-35-36-37-38-39-40-41-42-43-44-46-47-50-53-56-59-62-65-71(74)77-68-69(67-76-70(73)64-61-58-55-52-49-24-21-18-15-12-9-6-3)78-72(75)66-63-60-57-54-51-48-45-26-23-20-17-14-11-8-5-2/h7,10,16,19,25-27,29-30,32-33,35-36,38-39,41-42,45,69H,4-6,8-9,11-15,17-18,20-24,28,31,34,37,40,43-44,46-68H2,1-3H3/b10-7-,19-16-,27-25-,30-29-,33-32-,36-35-,39-38-,42-41-,45-26-. The van der Waals surface area contributed by atoms with Crippen molar-refractivity contribution < 1.29 is 28.6 Å². The van der Waals surface area contributed by atoms with Crippen LogP contribution in [0.4, 0.5) is 0 Å². The van der Waals surface area contributed by atoms with Crippen molar-refractivity contribution in [3.05, 3.63) is 109 Å². The molecule has 0 aliphatic rings. The van der Waals surface area contributed by atoms with E-state index in [1.807, 2.05) is 0 Å². The Kier molecular flexibility index (Phi) is 62.3. The van der Waals surface area contributed by atoms with E-state index in [9.17, 15) is 14.4 Å². The van der Waals surface area contributed by atoms with Crippen LogP contribution in [0.25, 0.3) is 0 Å². The van der Waals surface area contributed by atoms with Gasteiger partial charge in [0.25, 0.3) is 0 Å². The Morgan fingerprint density at radius 1 is 0.269 bits per heavy atom. The fourth-order valence-corrected chi connectivity index (χ4v) is 9.10. The molecule has 1 unspecified atom stereocenters. The molecule has 0 spiro atoms. The highest BCUT2D eigenvalue weighted by atomic mass is 16.6. The smallest absolute Gasteiger partial charge is 0.306 e. The first-order chi connectivity index (χ1) is 38.5. The summed E-state index contributed by atoms with van der Waals surface area (Å²) in [6.07, 6.45) is 89.6. The van der Waals surface area contributed by atoms with Gasteiger partial charge < -0.3 is 14.2 Å². The topological polar surface area (TPSA) is 78.9 Å². The molecule has 0 aliphatic carbocycles. The lowest BCUT2D eigenvalue weighted by Crippen LogP contribution is -2.30. The lowest BCUT2D eigenvalue weighted by molar-refractivity contribution is -0.167. The molecule has 0 aliphatic heterocycles. The summed E-state index contributed by atoms with van der Waals surface area (Å²) in [5.74, 6) is -0.890. The van der Waals surface area contributed by atoms with Crippen LogP contribution in [-0.2, 0) is 28.6 Å². The molecule has 6 heteroatoms. The van der Waals surface area contributed by atoms with E-state index in [-0.39, 0.29) is 31.1 Å². The van der Waals surface area contributed by atoms with Gasteiger partial charge in [-0.15, -0.1) is 0 Å². The molecule has 0 saturated heterocycles. The third-order valence-corrected chi connectivity index (χ3v) is 14.0. The predicted molar refractivity (Wildman–Crippen MR) is 339 cm³/mol. The van der Waals surface area contributed by atoms with Crippen molar-refractivity contribution in [1.29, 1.82) is 0 Å². The Morgan fingerprint density at radius 2 is 0.500 bits per heavy atom. The number of carbonyl (C=O) groups excluding carboxylic acids is 3. The van der Waals surface area contributed by atoms with Crippen LogP contribution in [0.1, 0.15) is 310 Å². The molecule has 0 heterocycles. The number of ether oxygens (including phenoxy) is 3. The van der Waals surface area contributed by atoms with Crippen molar-refractivity contribution in [2.45, 2.75) is 316 Å². The van der Waals surface area contributed by atoms with Crippen LogP contribution >= 0.6 is 0 Å². The monoisotopic (exact) mass is 1080 g/mol. The Bertz CT molecular complexity index is 1570. The highest BCUT2D eigenvalue weighted by molar-refractivity contribution is 5.71. The molecule has 0 aromatic carbocycles.